The lowest BCUT2D eigenvalue weighted by molar-refractivity contribution is 0.372. The van der Waals surface area contributed by atoms with Crippen molar-refractivity contribution in [3.8, 4) is 6.07 Å². The zero-order valence-electron chi connectivity index (χ0n) is 10.9. The van der Waals surface area contributed by atoms with Crippen molar-refractivity contribution >= 4 is 21.6 Å². The highest BCUT2D eigenvalue weighted by Gasteiger charge is 2.21. The Morgan fingerprint density at radius 1 is 1.40 bits per heavy atom. The van der Waals surface area contributed by atoms with E-state index in [2.05, 4.69) is 10.0 Å². The highest BCUT2D eigenvalue weighted by Crippen LogP contribution is 2.20. The van der Waals surface area contributed by atoms with E-state index in [9.17, 15) is 8.42 Å². The molecule has 0 unspecified atom stereocenters. The smallest absolute Gasteiger partial charge is 0.241 e. The van der Waals surface area contributed by atoms with Crippen molar-refractivity contribution in [1.29, 1.82) is 5.26 Å². The highest BCUT2D eigenvalue weighted by atomic mass is 35.5. The molecule has 0 saturated carbocycles. The van der Waals surface area contributed by atoms with Crippen LogP contribution in [0.2, 0.25) is 5.02 Å². The van der Waals surface area contributed by atoms with E-state index in [1.165, 1.54) is 18.2 Å². The molecular weight excluding hydrogens is 298 g/mol. The average Bonchev–Trinajstić information content (AvgIpc) is 2.46. The van der Waals surface area contributed by atoms with Gasteiger partial charge in [-0.2, -0.15) is 5.26 Å². The quantitative estimate of drug-likeness (QED) is 0.882. The number of benzene rings is 1. The van der Waals surface area contributed by atoms with Crippen molar-refractivity contribution in [3.63, 3.8) is 0 Å². The molecule has 0 atom stereocenters. The molecule has 0 bridgehead atoms. The number of nitriles is 1. The molecule has 108 valence electrons. The largest absolute Gasteiger partial charge is 0.317 e. The molecular formula is C13H16ClN3O2S. The molecule has 1 aromatic carbocycles. The van der Waals surface area contributed by atoms with Crippen LogP contribution in [0.5, 0.6) is 0 Å². The van der Waals surface area contributed by atoms with Gasteiger partial charge in [0.2, 0.25) is 10.0 Å². The second-order valence-corrected chi connectivity index (χ2v) is 6.97. The Hall–Kier alpha value is -1.13. The fraction of sp³-hybridized carbons (Fsp3) is 0.462. The molecule has 1 aliphatic heterocycles. The summed E-state index contributed by atoms with van der Waals surface area (Å²) in [5, 5.41) is 12.5. The van der Waals surface area contributed by atoms with Crippen LogP contribution in [0.4, 0.5) is 0 Å². The second-order valence-electron chi connectivity index (χ2n) is 4.80. The van der Waals surface area contributed by atoms with E-state index in [1.807, 2.05) is 6.07 Å². The standard InChI is InChI=1S/C13H16ClN3O2S/c14-12-2-1-11(8-15)13(7-12)20(18,19)17-9-10-3-5-16-6-4-10/h1-2,7,10,16-17H,3-6,9H2. The van der Waals surface area contributed by atoms with Crippen LogP contribution >= 0.6 is 11.6 Å². The summed E-state index contributed by atoms with van der Waals surface area (Å²) >= 11 is 5.82. The Labute approximate surface area is 124 Å². The lowest BCUT2D eigenvalue weighted by atomic mass is 9.99. The summed E-state index contributed by atoms with van der Waals surface area (Å²) < 4.78 is 27.1. The zero-order valence-corrected chi connectivity index (χ0v) is 12.5. The second kappa shape index (κ2) is 6.55. The number of piperidine rings is 1. The van der Waals surface area contributed by atoms with Gasteiger partial charge in [-0.15, -0.1) is 0 Å². The Morgan fingerprint density at radius 2 is 2.10 bits per heavy atom. The van der Waals surface area contributed by atoms with Gasteiger partial charge in [0, 0.05) is 11.6 Å². The topological polar surface area (TPSA) is 82.0 Å². The predicted octanol–water partition coefficient (Wildman–Crippen LogP) is 1.49. The average molecular weight is 314 g/mol. The highest BCUT2D eigenvalue weighted by molar-refractivity contribution is 7.89. The SMILES string of the molecule is N#Cc1ccc(Cl)cc1S(=O)(=O)NCC1CCNCC1. The van der Waals surface area contributed by atoms with Crippen LogP contribution in [0.15, 0.2) is 23.1 Å². The lowest BCUT2D eigenvalue weighted by Gasteiger charge is -2.22. The van der Waals surface area contributed by atoms with Crippen molar-refractivity contribution in [3.05, 3.63) is 28.8 Å². The molecule has 7 heteroatoms. The number of nitrogens with one attached hydrogen (secondary N) is 2. The third kappa shape index (κ3) is 3.70. The Balaban J connectivity index is 2.14. The summed E-state index contributed by atoms with van der Waals surface area (Å²) in [6.45, 7) is 2.21. The van der Waals surface area contributed by atoms with Gasteiger partial charge >= 0.3 is 0 Å². The summed E-state index contributed by atoms with van der Waals surface area (Å²) in [6, 6.07) is 6.11. The first-order valence-corrected chi connectivity index (χ1v) is 8.29. The van der Waals surface area contributed by atoms with E-state index in [0.717, 1.165) is 25.9 Å². The van der Waals surface area contributed by atoms with Gasteiger partial charge in [-0.25, -0.2) is 13.1 Å². The fourth-order valence-electron chi connectivity index (χ4n) is 2.20. The van der Waals surface area contributed by atoms with Crippen LogP contribution in [0.3, 0.4) is 0 Å². The molecule has 0 amide bonds. The van der Waals surface area contributed by atoms with Crippen molar-refractivity contribution in [2.45, 2.75) is 17.7 Å². The number of rotatable bonds is 4. The predicted molar refractivity (Wildman–Crippen MR) is 76.9 cm³/mol. The van der Waals surface area contributed by atoms with E-state index >= 15 is 0 Å². The first-order chi connectivity index (χ1) is 9.53. The van der Waals surface area contributed by atoms with E-state index in [0.29, 0.717) is 17.5 Å². The zero-order chi connectivity index (χ0) is 14.6. The molecule has 1 aromatic rings. The molecule has 1 fully saturated rings. The summed E-state index contributed by atoms with van der Waals surface area (Å²) in [5.74, 6) is 0.329. The number of hydrogen-bond donors (Lipinski definition) is 2. The third-order valence-corrected chi connectivity index (χ3v) is 5.07. The minimum atomic E-state index is -3.70. The summed E-state index contributed by atoms with van der Waals surface area (Å²) in [5.41, 5.74) is 0.104. The van der Waals surface area contributed by atoms with E-state index in [-0.39, 0.29) is 10.5 Å². The first-order valence-electron chi connectivity index (χ1n) is 6.43. The number of sulfonamides is 1. The summed E-state index contributed by atoms with van der Waals surface area (Å²) in [6.07, 6.45) is 1.90. The van der Waals surface area contributed by atoms with Crippen LogP contribution in [0.25, 0.3) is 0 Å². The van der Waals surface area contributed by atoms with Gasteiger partial charge in [-0.1, -0.05) is 11.6 Å². The van der Waals surface area contributed by atoms with E-state index in [1.54, 1.807) is 0 Å². The lowest BCUT2D eigenvalue weighted by Crippen LogP contribution is -2.36. The van der Waals surface area contributed by atoms with Crippen LogP contribution < -0.4 is 10.0 Å². The number of hydrogen-bond acceptors (Lipinski definition) is 4. The molecule has 0 aromatic heterocycles. The van der Waals surface area contributed by atoms with Gasteiger partial charge < -0.3 is 5.32 Å². The van der Waals surface area contributed by atoms with Crippen LogP contribution in [-0.2, 0) is 10.0 Å². The molecule has 2 N–H and O–H groups in total. The third-order valence-electron chi connectivity index (χ3n) is 3.37. The molecule has 20 heavy (non-hydrogen) atoms. The van der Waals surface area contributed by atoms with Crippen molar-refractivity contribution in [1.82, 2.24) is 10.0 Å². The number of halogens is 1. The normalized spacial score (nSPS) is 16.8. The van der Waals surface area contributed by atoms with Crippen LogP contribution in [-0.4, -0.2) is 28.1 Å². The molecule has 1 heterocycles. The van der Waals surface area contributed by atoms with Crippen molar-refractivity contribution in [2.24, 2.45) is 5.92 Å². The Bertz CT molecular complexity index is 619. The van der Waals surface area contributed by atoms with Gasteiger partial charge in [-0.3, -0.25) is 0 Å². The maximum absolute atomic E-state index is 12.3. The Morgan fingerprint density at radius 3 is 2.75 bits per heavy atom. The monoisotopic (exact) mass is 313 g/mol. The van der Waals surface area contributed by atoms with Gasteiger partial charge in [0.15, 0.2) is 0 Å². The van der Waals surface area contributed by atoms with Crippen molar-refractivity contribution in [2.75, 3.05) is 19.6 Å². The maximum atomic E-state index is 12.3. The van der Waals surface area contributed by atoms with Gasteiger partial charge in [0.25, 0.3) is 0 Å². The summed E-state index contributed by atoms with van der Waals surface area (Å²) in [4.78, 5) is -0.0542. The van der Waals surface area contributed by atoms with Crippen LogP contribution in [0, 0.1) is 17.2 Å². The summed E-state index contributed by atoms with van der Waals surface area (Å²) in [7, 11) is -3.70. The van der Waals surface area contributed by atoms with Gasteiger partial charge in [0.05, 0.1) is 5.56 Å². The molecule has 0 aliphatic carbocycles. The molecule has 2 rings (SSSR count). The van der Waals surface area contributed by atoms with E-state index in [4.69, 9.17) is 16.9 Å². The fourth-order valence-corrected chi connectivity index (χ4v) is 3.73. The van der Waals surface area contributed by atoms with Gasteiger partial charge in [-0.05, 0) is 50.0 Å². The van der Waals surface area contributed by atoms with E-state index < -0.39 is 10.0 Å². The maximum Gasteiger partial charge on any atom is 0.241 e. The number of nitrogens with zero attached hydrogens (tertiary/aromatic N) is 1. The Kier molecular flexibility index (Phi) is 5.00. The van der Waals surface area contributed by atoms with Crippen molar-refractivity contribution < 1.29 is 8.42 Å². The molecule has 5 nitrogen and oxygen atoms in total. The minimum Gasteiger partial charge on any atom is -0.317 e. The molecule has 0 radical (unpaired) electrons. The molecule has 1 saturated heterocycles. The molecule has 1 aliphatic rings. The van der Waals surface area contributed by atoms with Crippen LogP contribution in [0.1, 0.15) is 18.4 Å². The van der Waals surface area contributed by atoms with Gasteiger partial charge in [0.1, 0.15) is 11.0 Å². The molecule has 0 spiro atoms. The minimum absolute atomic E-state index is 0.0542. The first kappa shape index (κ1) is 15.3.